The molecule has 2 fully saturated rings. The molecule has 3 aliphatic rings. The van der Waals surface area contributed by atoms with Crippen molar-refractivity contribution in [1.82, 2.24) is 4.98 Å². The maximum absolute atomic E-state index is 13.4. The predicted octanol–water partition coefficient (Wildman–Crippen LogP) is 6.28. The lowest BCUT2D eigenvalue weighted by molar-refractivity contribution is -0.169. The van der Waals surface area contributed by atoms with Crippen molar-refractivity contribution in [1.29, 1.82) is 0 Å². The molecular weight excluding hydrogens is 370 g/mol. The molecule has 162 valence electrons. The van der Waals surface area contributed by atoms with Crippen LogP contribution in [0.15, 0.2) is 30.6 Å². The fraction of sp³-hybridized carbons (Fsp3) is 0.667. The van der Waals surface area contributed by atoms with E-state index in [0.717, 1.165) is 38.4 Å². The van der Waals surface area contributed by atoms with Crippen molar-refractivity contribution < 1.29 is 9.59 Å². The van der Waals surface area contributed by atoms with Gasteiger partial charge in [0.05, 0.1) is 0 Å². The summed E-state index contributed by atoms with van der Waals surface area (Å²) in [6.07, 6.45) is 13.6. The van der Waals surface area contributed by atoms with Crippen molar-refractivity contribution in [3.63, 3.8) is 0 Å². The first kappa shape index (κ1) is 21.5. The molecule has 0 saturated heterocycles. The highest BCUT2D eigenvalue weighted by Crippen LogP contribution is 2.73. The summed E-state index contributed by atoms with van der Waals surface area (Å²) in [7, 11) is 0. The largest absolute Gasteiger partial charge is 0.303 e. The third-order valence-electron chi connectivity index (χ3n) is 10.1. The van der Waals surface area contributed by atoms with Crippen LogP contribution in [0.1, 0.15) is 85.1 Å². The first-order valence-corrected chi connectivity index (χ1v) is 11.7. The summed E-state index contributed by atoms with van der Waals surface area (Å²) in [6.45, 7) is 11.5. The molecule has 0 unspecified atom stereocenters. The molecule has 3 heteroatoms. The van der Waals surface area contributed by atoms with E-state index in [-0.39, 0.29) is 27.6 Å². The first-order valence-electron chi connectivity index (χ1n) is 11.7. The van der Waals surface area contributed by atoms with Crippen LogP contribution in [0.2, 0.25) is 0 Å². The van der Waals surface area contributed by atoms with Crippen molar-refractivity contribution in [2.45, 2.75) is 79.6 Å². The Labute approximate surface area is 181 Å². The Morgan fingerprint density at radius 3 is 2.50 bits per heavy atom. The molecule has 0 amide bonds. The Bertz CT molecular complexity index is 876. The van der Waals surface area contributed by atoms with Crippen LogP contribution < -0.4 is 0 Å². The number of pyridine rings is 1. The van der Waals surface area contributed by atoms with Gasteiger partial charge in [-0.25, -0.2) is 0 Å². The van der Waals surface area contributed by atoms with Crippen LogP contribution in [0.3, 0.4) is 0 Å². The van der Waals surface area contributed by atoms with E-state index < -0.39 is 0 Å². The number of Topliss-reactive ketones (excluding diaryl/α,β-unsaturated/α-hetero) is 1. The van der Waals surface area contributed by atoms with E-state index in [2.05, 4.69) is 51.7 Å². The lowest BCUT2D eigenvalue weighted by Gasteiger charge is -2.64. The first-order chi connectivity index (χ1) is 14.1. The number of rotatable bonds is 4. The summed E-state index contributed by atoms with van der Waals surface area (Å²) >= 11 is 0. The molecule has 30 heavy (non-hydrogen) atoms. The summed E-state index contributed by atoms with van der Waals surface area (Å²) in [5, 5.41) is 0. The van der Waals surface area contributed by atoms with E-state index in [9.17, 15) is 9.59 Å². The SMILES string of the molecule is C[C@H]1CC[C@](C)([C@@]2(C)CC[C@]3(C)C(c4cccnc4)=CC[C@@]3(C)[C@@H]2CC=O)C(=O)C1. The van der Waals surface area contributed by atoms with E-state index in [1.807, 2.05) is 18.5 Å². The third kappa shape index (κ3) is 2.73. The van der Waals surface area contributed by atoms with Gasteiger partial charge in [-0.1, -0.05) is 46.8 Å². The minimum absolute atomic E-state index is 0.00934. The Morgan fingerprint density at radius 1 is 1.10 bits per heavy atom. The number of hydrogen-bond acceptors (Lipinski definition) is 3. The maximum Gasteiger partial charge on any atom is 0.139 e. The molecule has 1 aromatic heterocycles. The van der Waals surface area contributed by atoms with Crippen LogP contribution in [-0.4, -0.2) is 17.1 Å². The van der Waals surface area contributed by atoms with Gasteiger partial charge >= 0.3 is 0 Å². The fourth-order valence-electron chi connectivity index (χ4n) is 7.56. The maximum atomic E-state index is 13.4. The van der Waals surface area contributed by atoms with Crippen LogP contribution in [0, 0.1) is 33.5 Å². The van der Waals surface area contributed by atoms with Crippen LogP contribution in [0.25, 0.3) is 5.57 Å². The van der Waals surface area contributed by atoms with Crippen molar-refractivity contribution in [2.24, 2.45) is 33.5 Å². The van der Waals surface area contributed by atoms with Gasteiger partial charge < -0.3 is 4.79 Å². The van der Waals surface area contributed by atoms with Gasteiger partial charge in [-0.05, 0) is 77.4 Å². The van der Waals surface area contributed by atoms with Crippen molar-refractivity contribution in [3.05, 3.63) is 36.2 Å². The summed E-state index contributed by atoms with van der Waals surface area (Å²) < 4.78 is 0. The number of aldehydes is 1. The van der Waals surface area contributed by atoms with Crippen LogP contribution in [0.4, 0.5) is 0 Å². The molecule has 0 spiro atoms. The highest BCUT2D eigenvalue weighted by atomic mass is 16.1. The Kier molecular flexibility index (Phi) is 5.11. The third-order valence-corrected chi connectivity index (χ3v) is 10.1. The summed E-state index contributed by atoms with van der Waals surface area (Å²) in [5.41, 5.74) is 2.03. The Hall–Kier alpha value is -1.77. The van der Waals surface area contributed by atoms with Gasteiger partial charge in [-0.3, -0.25) is 9.78 Å². The van der Waals surface area contributed by atoms with E-state index >= 15 is 0 Å². The van der Waals surface area contributed by atoms with Gasteiger partial charge in [0.1, 0.15) is 12.1 Å². The molecule has 6 atom stereocenters. The van der Waals surface area contributed by atoms with E-state index in [1.54, 1.807) is 0 Å². The number of carbonyl (C=O) groups is 2. The lowest BCUT2D eigenvalue weighted by atomic mass is 9.39. The number of nitrogens with zero attached hydrogens (tertiary/aromatic N) is 1. The van der Waals surface area contributed by atoms with Gasteiger partial charge in [0.25, 0.3) is 0 Å². The highest BCUT2D eigenvalue weighted by Gasteiger charge is 2.66. The molecule has 0 aliphatic heterocycles. The molecule has 3 aliphatic carbocycles. The minimum Gasteiger partial charge on any atom is -0.303 e. The highest BCUT2D eigenvalue weighted by molar-refractivity contribution is 5.86. The zero-order valence-corrected chi connectivity index (χ0v) is 19.3. The van der Waals surface area contributed by atoms with Gasteiger partial charge in [0.15, 0.2) is 0 Å². The molecule has 1 aromatic rings. The monoisotopic (exact) mass is 407 g/mol. The van der Waals surface area contributed by atoms with Crippen molar-refractivity contribution >= 4 is 17.6 Å². The molecule has 0 radical (unpaired) electrons. The Balaban J connectivity index is 1.78. The van der Waals surface area contributed by atoms with Gasteiger partial charge in [0.2, 0.25) is 0 Å². The Morgan fingerprint density at radius 2 is 1.87 bits per heavy atom. The summed E-state index contributed by atoms with van der Waals surface area (Å²) in [5.74, 6) is 1.09. The van der Waals surface area contributed by atoms with E-state index in [1.165, 1.54) is 11.1 Å². The normalized spacial score (nSPS) is 43.8. The number of allylic oxidation sites excluding steroid dienone is 2. The number of ketones is 1. The molecule has 2 saturated carbocycles. The van der Waals surface area contributed by atoms with Crippen LogP contribution in [-0.2, 0) is 9.59 Å². The topological polar surface area (TPSA) is 47.0 Å². The molecule has 1 heterocycles. The van der Waals surface area contributed by atoms with Crippen LogP contribution >= 0.6 is 0 Å². The number of fused-ring (bicyclic) bond motifs is 1. The number of carbonyl (C=O) groups excluding carboxylic acids is 2. The fourth-order valence-corrected chi connectivity index (χ4v) is 7.56. The molecule has 0 N–H and O–H groups in total. The average Bonchev–Trinajstić information content (AvgIpc) is 3.00. The number of hydrogen-bond donors (Lipinski definition) is 0. The minimum atomic E-state index is -0.339. The molecule has 4 rings (SSSR count). The molecule has 0 aromatic carbocycles. The summed E-state index contributed by atoms with van der Waals surface area (Å²) in [4.78, 5) is 29.8. The zero-order valence-electron chi connectivity index (χ0n) is 19.3. The molecule has 3 nitrogen and oxygen atoms in total. The second-order valence-electron chi connectivity index (χ2n) is 11.3. The van der Waals surface area contributed by atoms with Crippen molar-refractivity contribution in [2.75, 3.05) is 0 Å². The van der Waals surface area contributed by atoms with Crippen LogP contribution in [0.5, 0.6) is 0 Å². The zero-order chi connectivity index (χ0) is 21.8. The second-order valence-corrected chi connectivity index (χ2v) is 11.3. The molecule has 0 bridgehead atoms. The standard InChI is InChI=1S/C27H37NO2/c1-19-8-11-27(5,23(30)17-19)26(4)14-13-24(2)21(20-7-6-15-28-18-20)9-12-25(24,3)22(26)10-16-29/h6-7,9,15-16,18-19,22H,8,10-14,17H2,1-5H3/t19-,22-,24+,25-,26-,27-/m0/s1. The second kappa shape index (κ2) is 7.14. The van der Waals surface area contributed by atoms with Gasteiger partial charge in [-0.2, -0.15) is 0 Å². The number of aromatic nitrogens is 1. The predicted molar refractivity (Wildman–Crippen MR) is 121 cm³/mol. The molecular formula is C27H37NO2. The van der Waals surface area contributed by atoms with E-state index in [4.69, 9.17) is 0 Å². The van der Waals surface area contributed by atoms with Gasteiger partial charge in [0, 0.05) is 30.7 Å². The van der Waals surface area contributed by atoms with E-state index in [0.29, 0.717) is 24.5 Å². The quantitative estimate of drug-likeness (QED) is 0.552. The summed E-state index contributed by atoms with van der Waals surface area (Å²) in [6, 6.07) is 4.17. The van der Waals surface area contributed by atoms with Gasteiger partial charge in [-0.15, -0.1) is 0 Å². The average molecular weight is 408 g/mol. The smallest absolute Gasteiger partial charge is 0.139 e. The lowest BCUT2D eigenvalue weighted by Crippen LogP contribution is -2.60. The van der Waals surface area contributed by atoms with Crippen molar-refractivity contribution in [3.8, 4) is 0 Å².